The van der Waals surface area contributed by atoms with Crippen LogP contribution in [-0.2, 0) is 23.7 Å². The quantitative estimate of drug-likeness (QED) is 0.138. The van der Waals surface area contributed by atoms with Crippen molar-refractivity contribution in [1.29, 1.82) is 0 Å². The second-order valence-corrected chi connectivity index (χ2v) is 20.5. The molecule has 13 heteroatoms. The Balaban J connectivity index is 1.10. The predicted molar refractivity (Wildman–Crippen MR) is 198 cm³/mol. The van der Waals surface area contributed by atoms with Gasteiger partial charge in [-0.3, -0.25) is 4.79 Å². The molecule has 0 bridgehead atoms. The highest BCUT2D eigenvalue weighted by atomic mass is 16.7. The lowest BCUT2D eigenvalue weighted by Crippen LogP contribution is -2.67. The molecule has 8 N–H and O–H groups in total. The topological polar surface area (TPSA) is 216 Å². The number of hydrogen-bond acceptors (Lipinski definition) is 12. The molecule has 2 aliphatic heterocycles. The minimum Gasteiger partial charge on any atom is -0.481 e. The van der Waals surface area contributed by atoms with Crippen molar-refractivity contribution in [3.8, 4) is 0 Å². The third-order valence-electron chi connectivity index (χ3n) is 17.3. The monoisotopic (exact) mass is 780 g/mol. The van der Waals surface area contributed by atoms with Crippen molar-refractivity contribution < 1.29 is 64.6 Å². The van der Waals surface area contributed by atoms with E-state index in [1.807, 2.05) is 6.92 Å². The molecule has 19 atom stereocenters. The van der Waals surface area contributed by atoms with Gasteiger partial charge in [0, 0.05) is 5.41 Å². The molecule has 0 unspecified atom stereocenters. The van der Waals surface area contributed by atoms with E-state index in [0.717, 1.165) is 51.4 Å². The Bertz CT molecular complexity index is 1490. The molecule has 0 aromatic rings. The first-order chi connectivity index (χ1) is 25.6. The Morgan fingerprint density at radius 2 is 1.44 bits per heavy atom. The molecule has 2 saturated heterocycles. The van der Waals surface area contributed by atoms with Gasteiger partial charge < -0.3 is 59.8 Å². The molecule has 2 heterocycles. The Morgan fingerprint density at radius 3 is 2.11 bits per heavy atom. The summed E-state index contributed by atoms with van der Waals surface area (Å²) in [4.78, 5) is 13.0. The Hall–Kier alpha value is -1.23. The van der Waals surface area contributed by atoms with Crippen molar-refractivity contribution in [3.05, 3.63) is 11.6 Å². The van der Waals surface area contributed by atoms with Crippen LogP contribution in [0.2, 0.25) is 0 Å². The summed E-state index contributed by atoms with van der Waals surface area (Å²) in [6.07, 6.45) is -3.98. The van der Waals surface area contributed by atoms with E-state index in [1.165, 1.54) is 12.5 Å². The van der Waals surface area contributed by atoms with Gasteiger partial charge in [0.25, 0.3) is 0 Å². The van der Waals surface area contributed by atoms with Gasteiger partial charge in [0.1, 0.15) is 42.7 Å². The Labute approximate surface area is 325 Å². The molecule has 5 aliphatic carbocycles. The number of carbonyl (C=O) groups is 1. The van der Waals surface area contributed by atoms with Gasteiger partial charge >= 0.3 is 5.97 Å². The highest BCUT2D eigenvalue weighted by Crippen LogP contribution is 2.76. The van der Waals surface area contributed by atoms with Crippen LogP contribution in [0.1, 0.15) is 113 Å². The predicted octanol–water partition coefficient (Wildman–Crippen LogP) is 2.88. The Kier molecular flexibility index (Phi) is 10.8. The van der Waals surface area contributed by atoms with Crippen molar-refractivity contribution in [1.82, 2.24) is 0 Å². The first kappa shape index (κ1) is 41.9. The van der Waals surface area contributed by atoms with Crippen LogP contribution in [0.4, 0.5) is 0 Å². The molecule has 0 aromatic heterocycles. The number of allylic oxidation sites excluding steroid dienone is 2. The van der Waals surface area contributed by atoms with Crippen molar-refractivity contribution in [2.45, 2.75) is 180 Å². The molecule has 0 amide bonds. The molecular formula is C42H68O13. The molecular weight excluding hydrogens is 712 g/mol. The van der Waals surface area contributed by atoms with Gasteiger partial charge in [-0.15, -0.1) is 0 Å². The van der Waals surface area contributed by atoms with Gasteiger partial charge in [-0.1, -0.05) is 53.2 Å². The molecule has 0 radical (unpaired) electrons. The summed E-state index contributed by atoms with van der Waals surface area (Å²) in [6.45, 7) is 14.8. The van der Waals surface area contributed by atoms with Crippen LogP contribution < -0.4 is 0 Å². The zero-order valence-corrected chi connectivity index (χ0v) is 33.8. The maximum atomic E-state index is 13.0. The summed E-state index contributed by atoms with van der Waals surface area (Å²) in [5, 5.41) is 85.5. The smallest absolute Gasteiger partial charge is 0.310 e. The summed E-state index contributed by atoms with van der Waals surface area (Å²) in [5.74, 6) is -0.269. The molecule has 4 saturated carbocycles. The van der Waals surface area contributed by atoms with E-state index >= 15 is 0 Å². The summed E-state index contributed by atoms with van der Waals surface area (Å²) in [6, 6.07) is 0. The number of hydrogen-bond donors (Lipinski definition) is 8. The standard InChI is InChI=1S/C42H68O13/c1-21-28(44)30(46)32(48)34(53-21)52-19-24-29(45)31(47)33(49)35(54-24)55-27-11-12-38(4)25(39(27,5)20-43)10-13-41(7)26(38)9-8-22-23-18-37(2,3)14-16-42(23,36(50)51)17-15-40(22,41)6/h8,21,23-35,43-49H,9-20H2,1-7H3,(H,50,51)/t21-,23-,24+,25+,26+,27-,28-,29+,30+,31-,32+,33+,34+,35-,38-,39-,40+,41+,42-/m0/s1. The number of carboxylic acids is 1. The lowest BCUT2D eigenvalue weighted by atomic mass is 9.33. The number of rotatable bonds is 7. The van der Waals surface area contributed by atoms with E-state index in [4.69, 9.17) is 18.9 Å². The summed E-state index contributed by atoms with van der Waals surface area (Å²) in [7, 11) is 0. The zero-order valence-electron chi connectivity index (χ0n) is 33.8. The molecule has 13 nitrogen and oxygen atoms in total. The van der Waals surface area contributed by atoms with Gasteiger partial charge in [-0.2, -0.15) is 0 Å². The first-order valence-corrected chi connectivity index (χ1v) is 20.8. The molecule has 314 valence electrons. The SMILES string of the molecule is C[C@@H]1O[C@@H](OC[C@H]2O[C@@H](O[C@H]3CC[C@@]4(C)[C@@H](CC[C@]5(C)[C@@H]4CC=C4[C@@H]6CC(C)(C)CC[C@]6(C(=O)O)CC[C@]45C)[C@]3(C)CO)[C@H](O)[C@@H](O)[C@@H]2O)[C@H](O)[C@H](O)[C@H]1O. The minimum atomic E-state index is -1.64. The molecule has 55 heavy (non-hydrogen) atoms. The van der Waals surface area contributed by atoms with Crippen LogP contribution in [0.3, 0.4) is 0 Å². The van der Waals surface area contributed by atoms with Gasteiger partial charge in [0.2, 0.25) is 0 Å². The average molecular weight is 781 g/mol. The van der Waals surface area contributed by atoms with Crippen molar-refractivity contribution in [2.24, 2.45) is 50.2 Å². The van der Waals surface area contributed by atoms with E-state index in [1.54, 1.807) is 0 Å². The highest BCUT2D eigenvalue weighted by molar-refractivity contribution is 5.76. The van der Waals surface area contributed by atoms with Gasteiger partial charge in [0.05, 0.1) is 30.8 Å². The van der Waals surface area contributed by atoms with E-state index in [0.29, 0.717) is 18.8 Å². The number of aliphatic carboxylic acids is 1. The maximum Gasteiger partial charge on any atom is 0.310 e. The molecule has 6 fully saturated rings. The third kappa shape index (κ3) is 6.23. The Morgan fingerprint density at radius 1 is 0.782 bits per heavy atom. The number of fused-ring (bicyclic) bond motifs is 7. The lowest BCUT2D eigenvalue weighted by Gasteiger charge is -2.71. The minimum absolute atomic E-state index is 0.0241. The maximum absolute atomic E-state index is 13.0. The van der Waals surface area contributed by atoms with Crippen LogP contribution >= 0.6 is 0 Å². The fraction of sp³-hybridized carbons (Fsp3) is 0.929. The van der Waals surface area contributed by atoms with Crippen molar-refractivity contribution in [2.75, 3.05) is 13.2 Å². The van der Waals surface area contributed by atoms with Gasteiger partial charge in [-0.05, 0) is 111 Å². The largest absolute Gasteiger partial charge is 0.481 e. The fourth-order valence-electron chi connectivity index (χ4n) is 13.5. The summed E-state index contributed by atoms with van der Waals surface area (Å²) in [5.41, 5.74) is -0.374. The third-order valence-corrected chi connectivity index (χ3v) is 17.3. The van der Waals surface area contributed by atoms with E-state index in [9.17, 15) is 45.6 Å². The highest BCUT2D eigenvalue weighted by Gasteiger charge is 2.70. The van der Waals surface area contributed by atoms with Crippen LogP contribution in [0.15, 0.2) is 11.6 Å². The average Bonchev–Trinajstić information content (AvgIpc) is 3.13. The molecule has 7 aliphatic rings. The van der Waals surface area contributed by atoms with Crippen molar-refractivity contribution >= 4 is 5.97 Å². The summed E-state index contributed by atoms with van der Waals surface area (Å²) >= 11 is 0. The van der Waals surface area contributed by atoms with Gasteiger partial charge in [0.15, 0.2) is 12.6 Å². The second-order valence-electron chi connectivity index (χ2n) is 20.5. The van der Waals surface area contributed by atoms with Crippen LogP contribution in [0, 0.1) is 50.2 Å². The van der Waals surface area contributed by atoms with Gasteiger partial charge in [-0.25, -0.2) is 0 Å². The summed E-state index contributed by atoms with van der Waals surface area (Å²) < 4.78 is 23.8. The molecule has 0 aromatic carbocycles. The molecule has 0 spiro atoms. The number of ether oxygens (including phenoxy) is 4. The number of carboxylic acid groups (broad SMARTS) is 1. The zero-order chi connectivity index (χ0) is 40.3. The lowest BCUT2D eigenvalue weighted by molar-refractivity contribution is -0.346. The van der Waals surface area contributed by atoms with E-state index < -0.39 is 84.3 Å². The van der Waals surface area contributed by atoms with E-state index in [2.05, 4.69) is 40.7 Å². The van der Waals surface area contributed by atoms with Crippen LogP contribution in [-0.4, -0.2) is 128 Å². The molecule has 7 rings (SSSR count). The second kappa shape index (κ2) is 14.2. The normalized spacial score (nSPS) is 54.9. The van der Waals surface area contributed by atoms with Crippen LogP contribution in [0.5, 0.6) is 0 Å². The first-order valence-electron chi connectivity index (χ1n) is 20.8. The number of aliphatic hydroxyl groups is 7. The number of aliphatic hydroxyl groups excluding tert-OH is 7. The van der Waals surface area contributed by atoms with Crippen LogP contribution in [0.25, 0.3) is 0 Å². The van der Waals surface area contributed by atoms with E-state index in [-0.39, 0.29) is 46.7 Å². The fourth-order valence-corrected chi connectivity index (χ4v) is 13.5. The van der Waals surface area contributed by atoms with Crippen molar-refractivity contribution in [3.63, 3.8) is 0 Å².